The molecule has 7 nitrogen and oxygen atoms in total. The van der Waals surface area contributed by atoms with E-state index in [1.807, 2.05) is 11.8 Å². The second-order valence-corrected chi connectivity index (χ2v) is 8.58. The predicted molar refractivity (Wildman–Crippen MR) is 102 cm³/mol. The highest BCUT2D eigenvalue weighted by Crippen LogP contribution is 2.51. The molecule has 28 heavy (non-hydrogen) atoms. The summed E-state index contributed by atoms with van der Waals surface area (Å²) in [5.74, 6) is -0.808. The van der Waals surface area contributed by atoms with Crippen molar-refractivity contribution in [2.45, 2.75) is 31.8 Å². The SMILES string of the molecule is C[C@H]1C[C@@]2(N)CN(c3c(F)cc4c(=O)c(C(=O)O)cn5c4c3OC[C@@H]5C)C[C@@H]12. The van der Waals surface area contributed by atoms with E-state index >= 15 is 4.39 Å². The standard InChI is InChI=1S/C20H22FN3O4/c1-9-4-20(22)8-23(6-13(9)20)16-14(21)3-11-15-18(16)28-7-10(2)24(15)5-12(17(11)25)19(26)27/h3,5,9-10,13H,4,6-8,22H2,1-2H3,(H,26,27)/t9-,10-,13-,20+/m0/s1. The lowest BCUT2D eigenvalue weighted by Gasteiger charge is -2.46. The highest BCUT2D eigenvalue weighted by atomic mass is 19.1. The van der Waals surface area contributed by atoms with E-state index < -0.39 is 17.2 Å². The molecule has 5 rings (SSSR count). The lowest BCUT2D eigenvalue weighted by molar-refractivity contribution is 0.0694. The normalized spacial score (nSPS) is 30.7. The van der Waals surface area contributed by atoms with Crippen LogP contribution in [0.3, 0.4) is 0 Å². The third-order valence-electron chi connectivity index (χ3n) is 6.72. The summed E-state index contributed by atoms with van der Waals surface area (Å²) >= 11 is 0. The number of benzene rings is 1. The number of aromatic carboxylic acids is 1. The highest BCUT2D eigenvalue weighted by Gasteiger charge is 2.55. The fraction of sp³-hybridized carbons (Fsp3) is 0.500. The van der Waals surface area contributed by atoms with Gasteiger partial charge in [0, 0.05) is 24.8 Å². The van der Waals surface area contributed by atoms with Crippen molar-refractivity contribution in [3.63, 3.8) is 0 Å². The molecule has 0 radical (unpaired) electrons. The largest absolute Gasteiger partial charge is 0.487 e. The number of ether oxygens (including phenoxy) is 1. The molecular formula is C20H22FN3O4. The van der Waals surface area contributed by atoms with Crippen molar-refractivity contribution in [3.05, 3.63) is 33.9 Å². The van der Waals surface area contributed by atoms with Crippen LogP contribution in [0.25, 0.3) is 10.9 Å². The summed E-state index contributed by atoms with van der Waals surface area (Å²) in [4.78, 5) is 26.1. The van der Waals surface area contributed by atoms with Crippen molar-refractivity contribution < 1.29 is 19.0 Å². The zero-order valence-corrected chi connectivity index (χ0v) is 15.7. The Morgan fingerprint density at radius 3 is 2.82 bits per heavy atom. The maximum Gasteiger partial charge on any atom is 0.341 e. The van der Waals surface area contributed by atoms with E-state index in [2.05, 4.69) is 6.92 Å². The third kappa shape index (κ3) is 2.12. The highest BCUT2D eigenvalue weighted by molar-refractivity contribution is 5.97. The maximum atomic E-state index is 15.2. The molecule has 0 spiro atoms. The fourth-order valence-electron chi connectivity index (χ4n) is 5.33. The molecule has 148 valence electrons. The molecular weight excluding hydrogens is 365 g/mol. The first-order valence-electron chi connectivity index (χ1n) is 9.52. The molecule has 2 aliphatic heterocycles. The van der Waals surface area contributed by atoms with Crippen LogP contribution < -0.4 is 20.8 Å². The number of fused-ring (bicyclic) bond motifs is 1. The number of nitrogens with zero attached hydrogens (tertiary/aromatic N) is 2. The monoisotopic (exact) mass is 387 g/mol. The van der Waals surface area contributed by atoms with Gasteiger partial charge in [0.05, 0.1) is 16.9 Å². The van der Waals surface area contributed by atoms with Gasteiger partial charge in [0.1, 0.15) is 17.9 Å². The van der Waals surface area contributed by atoms with Gasteiger partial charge in [0.2, 0.25) is 5.43 Å². The van der Waals surface area contributed by atoms with E-state index in [1.165, 1.54) is 6.20 Å². The number of carbonyl (C=O) groups is 1. The number of carboxylic acid groups (broad SMARTS) is 1. The summed E-state index contributed by atoms with van der Waals surface area (Å²) < 4.78 is 22.8. The van der Waals surface area contributed by atoms with Crippen LogP contribution in [-0.4, -0.2) is 40.9 Å². The van der Waals surface area contributed by atoms with Crippen molar-refractivity contribution in [2.75, 3.05) is 24.6 Å². The first-order valence-corrected chi connectivity index (χ1v) is 9.52. The fourth-order valence-corrected chi connectivity index (χ4v) is 5.33. The van der Waals surface area contributed by atoms with E-state index in [4.69, 9.17) is 10.5 Å². The van der Waals surface area contributed by atoms with Crippen LogP contribution in [0.15, 0.2) is 17.1 Å². The van der Waals surface area contributed by atoms with Gasteiger partial charge < -0.3 is 25.0 Å². The molecule has 2 fully saturated rings. The number of pyridine rings is 1. The van der Waals surface area contributed by atoms with Gasteiger partial charge >= 0.3 is 5.97 Å². The Morgan fingerprint density at radius 1 is 1.43 bits per heavy atom. The molecule has 8 heteroatoms. The van der Waals surface area contributed by atoms with Crippen LogP contribution in [0, 0.1) is 17.7 Å². The number of carboxylic acids is 1. The van der Waals surface area contributed by atoms with Crippen molar-refractivity contribution in [2.24, 2.45) is 17.6 Å². The van der Waals surface area contributed by atoms with E-state index in [-0.39, 0.29) is 29.1 Å². The second kappa shape index (κ2) is 5.47. The number of anilines is 1. The average molecular weight is 387 g/mol. The Balaban J connectivity index is 1.75. The van der Waals surface area contributed by atoms with E-state index in [1.54, 1.807) is 4.57 Å². The van der Waals surface area contributed by atoms with Gasteiger partial charge in [-0.1, -0.05) is 6.92 Å². The molecule has 2 aromatic rings. The van der Waals surface area contributed by atoms with Crippen LogP contribution in [-0.2, 0) is 0 Å². The Kier molecular flexibility index (Phi) is 3.42. The smallest absolute Gasteiger partial charge is 0.341 e. The lowest BCUT2D eigenvalue weighted by Crippen LogP contribution is -2.59. The summed E-state index contributed by atoms with van der Waals surface area (Å²) in [6, 6.07) is 0.968. The van der Waals surface area contributed by atoms with Crippen LogP contribution >= 0.6 is 0 Å². The van der Waals surface area contributed by atoms with Gasteiger partial charge in [-0.3, -0.25) is 4.79 Å². The first-order chi connectivity index (χ1) is 13.2. The molecule has 1 aromatic heterocycles. The minimum atomic E-state index is -1.32. The molecule has 3 aliphatic rings. The van der Waals surface area contributed by atoms with Crippen molar-refractivity contribution in [1.29, 1.82) is 0 Å². The Bertz CT molecular complexity index is 1100. The van der Waals surface area contributed by atoms with Gasteiger partial charge in [-0.2, -0.15) is 0 Å². The Morgan fingerprint density at radius 2 is 2.18 bits per heavy atom. The zero-order valence-electron chi connectivity index (χ0n) is 15.7. The van der Waals surface area contributed by atoms with Gasteiger partial charge in [-0.05, 0) is 31.2 Å². The van der Waals surface area contributed by atoms with Crippen LogP contribution in [0.5, 0.6) is 5.75 Å². The summed E-state index contributed by atoms with van der Waals surface area (Å²) in [5.41, 5.74) is 5.88. The molecule has 1 saturated carbocycles. The van der Waals surface area contributed by atoms with Gasteiger partial charge in [-0.15, -0.1) is 0 Å². The summed E-state index contributed by atoms with van der Waals surface area (Å²) in [6.07, 6.45) is 2.24. The molecule has 0 unspecified atom stereocenters. The molecule has 3 N–H and O–H groups in total. The van der Waals surface area contributed by atoms with E-state index in [0.29, 0.717) is 41.9 Å². The van der Waals surface area contributed by atoms with Crippen LogP contribution in [0.2, 0.25) is 0 Å². The molecule has 1 aliphatic carbocycles. The molecule has 1 saturated heterocycles. The Labute approximate surface area is 160 Å². The number of hydrogen-bond acceptors (Lipinski definition) is 5. The number of aromatic nitrogens is 1. The second-order valence-electron chi connectivity index (χ2n) is 8.58. The first kappa shape index (κ1) is 17.5. The molecule has 4 atom stereocenters. The van der Waals surface area contributed by atoms with Crippen LogP contribution in [0.1, 0.15) is 36.7 Å². The predicted octanol–water partition coefficient (Wildman–Crippen LogP) is 1.97. The maximum absolute atomic E-state index is 15.2. The Hall–Kier alpha value is -2.61. The van der Waals surface area contributed by atoms with Crippen molar-refractivity contribution in [3.8, 4) is 5.75 Å². The molecule has 0 amide bonds. The summed E-state index contributed by atoms with van der Waals surface area (Å²) in [7, 11) is 0. The number of hydrogen-bond donors (Lipinski definition) is 2. The van der Waals surface area contributed by atoms with Crippen LogP contribution in [0.4, 0.5) is 10.1 Å². The van der Waals surface area contributed by atoms with Gasteiger partial charge in [0.15, 0.2) is 11.6 Å². The summed E-state index contributed by atoms with van der Waals surface area (Å²) in [5, 5.41) is 9.40. The van der Waals surface area contributed by atoms with Crippen molar-refractivity contribution >= 4 is 22.6 Å². The van der Waals surface area contributed by atoms with Gasteiger partial charge in [0.25, 0.3) is 0 Å². The van der Waals surface area contributed by atoms with Crippen molar-refractivity contribution in [1.82, 2.24) is 4.57 Å². The van der Waals surface area contributed by atoms with E-state index in [0.717, 1.165) is 12.5 Å². The average Bonchev–Trinajstić information content (AvgIpc) is 2.89. The molecule has 0 bridgehead atoms. The molecule has 1 aromatic carbocycles. The summed E-state index contributed by atoms with van der Waals surface area (Å²) in [6.45, 7) is 5.47. The minimum Gasteiger partial charge on any atom is -0.487 e. The quantitative estimate of drug-likeness (QED) is 0.818. The van der Waals surface area contributed by atoms with E-state index in [9.17, 15) is 14.7 Å². The lowest BCUT2D eigenvalue weighted by atomic mass is 9.62. The molecule has 3 heterocycles. The number of rotatable bonds is 2. The minimum absolute atomic E-state index is 0.0284. The topological polar surface area (TPSA) is 97.8 Å². The number of halogens is 1. The van der Waals surface area contributed by atoms with Gasteiger partial charge in [-0.25, -0.2) is 9.18 Å². The number of nitrogens with two attached hydrogens (primary N) is 1. The zero-order chi connectivity index (χ0) is 20.0. The third-order valence-corrected chi connectivity index (χ3v) is 6.72.